The van der Waals surface area contributed by atoms with Gasteiger partial charge in [-0.15, -0.1) is 11.3 Å². The summed E-state index contributed by atoms with van der Waals surface area (Å²) in [7, 11) is 0. The minimum Gasteiger partial charge on any atom is -0.460 e. The quantitative estimate of drug-likeness (QED) is 0.770. The first kappa shape index (κ1) is 19.3. The number of amides is 1. The molecule has 27 heavy (non-hydrogen) atoms. The number of halogens is 2. The summed E-state index contributed by atoms with van der Waals surface area (Å²) >= 11 is 6.89. The van der Waals surface area contributed by atoms with Gasteiger partial charge < -0.3 is 14.8 Å². The number of carbonyl (C=O) groups is 3. The number of hydrogen-bond acceptors (Lipinski definition) is 6. The van der Waals surface area contributed by atoms with E-state index in [0.717, 1.165) is 23.5 Å². The molecule has 0 bridgehead atoms. The van der Waals surface area contributed by atoms with Gasteiger partial charge in [-0.05, 0) is 43.7 Å². The highest BCUT2D eigenvalue weighted by atomic mass is 35.5. The van der Waals surface area contributed by atoms with Gasteiger partial charge in [0.15, 0.2) is 0 Å². The second-order valence-electron chi connectivity index (χ2n) is 6.08. The Morgan fingerprint density at radius 1 is 1.37 bits per heavy atom. The summed E-state index contributed by atoms with van der Waals surface area (Å²) < 4.78 is 23.3. The van der Waals surface area contributed by atoms with Gasteiger partial charge in [-0.2, -0.15) is 0 Å². The van der Waals surface area contributed by atoms with Crippen molar-refractivity contribution in [1.29, 1.82) is 0 Å². The van der Waals surface area contributed by atoms with E-state index in [-0.39, 0.29) is 21.6 Å². The molecule has 1 aromatic heterocycles. The van der Waals surface area contributed by atoms with E-state index in [2.05, 4.69) is 5.32 Å². The van der Waals surface area contributed by atoms with E-state index in [4.69, 9.17) is 21.1 Å². The van der Waals surface area contributed by atoms with Gasteiger partial charge in [-0.1, -0.05) is 11.6 Å². The molecule has 1 aliphatic heterocycles. The highest BCUT2D eigenvalue weighted by Gasteiger charge is 2.35. The number of hydrogen-bond donors (Lipinski definition) is 1. The minimum atomic E-state index is -0.926. The summed E-state index contributed by atoms with van der Waals surface area (Å²) in [5.74, 6) is -2.30. The van der Waals surface area contributed by atoms with Crippen LogP contribution in [0.2, 0.25) is 5.02 Å². The molecule has 2 heterocycles. The molecule has 0 spiro atoms. The molecule has 1 aromatic carbocycles. The molecule has 0 radical (unpaired) electrons. The van der Waals surface area contributed by atoms with E-state index < -0.39 is 29.8 Å². The van der Waals surface area contributed by atoms with Crippen molar-refractivity contribution in [3.05, 3.63) is 51.1 Å². The zero-order valence-corrected chi connectivity index (χ0v) is 15.9. The van der Waals surface area contributed by atoms with Crippen LogP contribution in [-0.4, -0.2) is 30.1 Å². The molecular formula is C18H15ClFNO5S. The number of thiophene rings is 1. The predicted molar refractivity (Wildman–Crippen MR) is 97.8 cm³/mol. The molecule has 2 aromatic rings. The lowest BCUT2D eigenvalue weighted by Gasteiger charge is -2.07. The molecule has 142 valence electrons. The maximum atomic E-state index is 13.1. The van der Waals surface area contributed by atoms with Crippen molar-refractivity contribution in [3.63, 3.8) is 0 Å². The largest absolute Gasteiger partial charge is 0.460 e. The van der Waals surface area contributed by atoms with Crippen LogP contribution in [0.15, 0.2) is 24.3 Å². The third-order valence-corrected chi connectivity index (χ3v) is 5.34. The second kappa shape index (κ2) is 7.66. The summed E-state index contributed by atoms with van der Waals surface area (Å²) in [4.78, 5) is 36.5. The SMILES string of the molecule is Cc1cc(NC(=O)c2ccc(F)cc2Cl)sc1C(=O)O[C@H]1C[C@H](C)OC1=O. The zero-order chi connectivity index (χ0) is 19.7. The van der Waals surface area contributed by atoms with E-state index in [9.17, 15) is 18.8 Å². The number of anilines is 1. The van der Waals surface area contributed by atoms with Crippen molar-refractivity contribution in [2.24, 2.45) is 0 Å². The fraction of sp³-hybridized carbons (Fsp3) is 0.278. The Morgan fingerprint density at radius 3 is 2.74 bits per heavy atom. The van der Waals surface area contributed by atoms with Gasteiger partial charge in [0.2, 0.25) is 6.10 Å². The third-order valence-electron chi connectivity index (χ3n) is 3.89. The Hall–Kier alpha value is -2.45. The van der Waals surface area contributed by atoms with E-state index in [1.165, 1.54) is 6.07 Å². The third kappa shape index (κ3) is 4.28. The van der Waals surface area contributed by atoms with Gasteiger partial charge in [0, 0.05) is 6.42 Å². The number of ether oxygens (including phenoxy) is 2. The maximum absolute atomic E-state index is 13.1. The molecule has 1 aliphatic rings. The molecule has 9 heteroatoms. The first-order chi connectivity index (χ1) is 12.7. The fourth-order valence-corrected chi connectivity index (χ4v) is 3.80. The highest BCUT2D eigenvalue weighted by molar-refractivity contribution is 7.18. The summed E-state index contributed by atoms with van der Waals surface area (Å²) in [5, 5.41) is 2.99. The fourth-order valence-electron chi connectivity index (χ4n) is 2.60. The van der Waals surface area contributed by atoms with Crippen LogP contribution in [0.3, 0.4) is 0 Å². The Bertz CT molecular complexity index is 928. The molecule has 0 aliphatic carbocycles. The minimum absolute atomic E-state index is 0.0192. The standard InChI is InChI=1S/C18H15ClFNO5S/c1-8-5-14(21-16(22)11-4-3-10(20)7-12(11)19)27-15(8)18(24)26-13-6-9(2)25-17(13)23/h3-5,7,9,13H,6H2,1-2H3,(H,21,22)/t9-,13-/m0/s1. The lowest BCUT2D eigenvalue weighted by atomic mass is 10.2. The molecule has 0 unspecified atom stereocenters. The number of rotatable bonds is 4. The van der Waals surface area contributed by atoms with E-state index in [1.54, 1.807) is 19.9 Å². The topological polar surface area (TPSA) is 81.7 Å². The Labute approximate surface area is 163 Å². The number of aryl methyl sites for hydroxylation is 1. The maximum Gasteiger partial charge on any atom is 0.349 e. The molecule has 3 rings (SSSR count). The molecule has 2 atom stereocenters. The summed E-state index contributed by atoms with van der Waals surface area (Å²) in [6.07, 6.45) is -0.915. The van der Waals surface area contributed by atoms with E-state index >= 15 is 0 Å². The Morgan fingerprint density at radius 2 is 2.11 bits per heavy atom. The van der Waals surface area contributed by atoms with Crippen LogP contribution in [0.5, 0.6) is 0 Å². The number of esters is 2. The first-order valence-corrected chi connectivity index (χ1v) is 9.22. The second-order valence-corrected chi connectivity index (χ2v) is 7.54. The lowest BCUT2D eigenvalue weighted by Crippen LogP contribution is -2.22. The molecule has 6 nitrogen and oxygen atoms in total. The molecular weight excluding hydrogens is 397 g/mol. The van der Waals surface area contributed by atoms with E-state index in [0.29, 0.717) is 17.0 Å². The van der Waals surface area contributed by atoms with Crippen molar-refractivity contribution in [2.75, 3.05) is 5.32 Å². The highest BCUT2D eigenvalue weighted by Crippen LogP contribution is 2.30. The van der Waals surface area contributed by atoms with Crippen molar-refractivity contribution < 1.29 is 28.2 Å². The van der Waals surface area contributed by atoms with Gasteiger partial charge in [0.1, 0.15) is 16.8 Å². The molecule has 1 fully saturated rings. The van der Waals surface area contributed by atoms with Crippen LogP contribution in [-0.2, 0) is 14.3 Å². The average Bonchev–Trinajstić information content (AvgIpc) is 3.08. The van der Waals surface area contributed by atoms with Gasteiger partial charge >= 0.3 is 11.9 Å². The number of carbonyl (C=O) groups excluding carboxylic acids is 3. The molecule has 1 saturated heterocycles. The molecule has 1 N–H and O–H groups in total. The first-order valence-electron chi connectivity index (χ1n) is 8.03. The van der Waals surface area contributed by atoms with Crippen LogP contribution >= 0.6 is 22.9 Å². The van der Waals surface area contributed by atoms with Gasteiger partial charge in [0.25, 0.3) is 5.91 Å². The molecule has 0 saturated carbocycles. The van der Waals surface area contributed by atoms with Crippen LogP contribution in [0.25, 0.3) is 0 Å². The van der Waals surface area contributed by atoms with Crippen molar-refractivity contribution in [2.45, 2.75) is 32.5 Å². The summed E-state index contributed by atoms with van der Waals surface area (Å²) in [6.45, 7) is 3.40. The Balaban J connectivity index is 1.71. The van der Waals surface area contributed by atoms with Crippen LogP contribution in [0.1, 0.15) is 38.9 Å². The van der Waals surface area contributed by atoms with E-state index in [1.807, 2.05) is 0 Å². The summed E-state index contributed by atoms with van der Waals surface area (Å²) in [6, 6.07) is 5.05. The average molecular weight is 412 g/mol. The van der Waals surface area contributed by atoms with Crippen LogP contribution in [0.4, 0.5) is 9.39 Å². The van der Waals surface area contributed by atoms with Gasteiger partial charge in [-0.3, -0.25) is 4.79 Å². The van der Waals surface area contributed by atoms with Gasteiger partial charge in [-0.25, -0.2) is 14.0 Å². The lowest BCUT2D eigenvalue weighted by molar-refractivity contribution is -0.147. The number of cyclic esters (lactones) is 1. The van der Waals surface area contributed by atoms with Crippen molar-refractivity contribution >= 4 is 45.8 Å². The smallest absolute Gasteiger partial charge is 0.349 e. The Kier molecular flexibility index (Phi) is 5.48. The van der Waals surface area contributed by atoms with Crippen LogP contribution < -0.4 is 5.32 Å². The van der Waals surface area contributed by atoms with Gasteiger partial charge in [0.05, 0.1) is 15.6 Å². The normalized spacial score (nSPS) is 18.9. The number of benzene rings is 1. The number of nitrogens with one attached hydrogen (secondary N) is 1. The van der Waals surface area contributed by atoms with Crippen molar-refractivity contribution in [3.8, 4) is 0 Å². The monoisotopic (exact) mass is 411 g/mol. The van der Waals surface area contributed by atoms with Crippen molar-refractivity contribution in [1.82, 2.24) is 0 Å². The zero-order valence-electron chi connectivity index (χ0n) is 14.4. The predicted octanol–water partition coefficient (Wildman–Crippen LogP) is 3.96. The van der Waals surface area contributed by atoms with Crippen LogP contribution in [0, 0.1) is 12.7 Å². The summed E-state index contributed by atoms with van der Waals surface area (Å²) in [5.41, 5.74) is 0.695. The molecule has 1 amide bonds.